The summed E-state index contributed by atoms with van der Waals surface area (Å²) < 4.78 is 5.47. The summed E-state index contributed by atoms with van der Waals surface area (Å²) in [5, 5.41) is 13.1. The zero-order valence-corrected chi connectivity index (χ0v) is 13.2. The highest BCUT2D eigenvalue weighted by molar-refractivity contribution is 5.71. The van der Waals surface area contributed by atoms with Crippen LogP contribution >= 0.6 is 0 Å². The molecule has 20 heavy (non-hydrogen) atoms. The van der Waals surface area contributed by atoms with Gasteiger partial charge in [-0.2, -0.15) is 0 Å². The molecule has 1 aliphatic heterocycles. The van der Waals surface area contributed by atoms with E-state index in [1.54, 1.807) is 0 Å². The Morgan fingerprint density at radius 1 is 1.35 bits per heavy atom. The Morgan fingerprint density at radius 2 is 2.05 bits per heavy atom. The van der Waals surface area contributed by atoms with Crippen molar-refractivity contribution in [2.75, 3.05) is 13.2 Å². The average Bonchev–Trinajstić information content (AvgIpc) is 2.88. The molecular formula is C16H29NO3. The van der Waals surface area contributed by atoms with Gasteiger partial charge in [0.2, 0.25) is 0 Å². The lowest BCUT2D eigenvalue weighted by molar-refractivity contribution is -0.150. The number of hydrogen-bond acceptors (Lipinski definition) is 3. The number of hydrogen-bond donors (Lipinski definition) is 2. The van der Waals surface area contributed by atoms with Crippen molar-refractivity contribution in [3.05, 3.63) is 0 Å². The minimum absolute atomic E-state index is 0.159. The molecule has 2 rings (SSSR count). The van der Waals surface area contributed by atoms with Gasteiger partial charge in [-0.25, -0.2) is 0 Å². The Kier molecular flexibility index (Phi) is 4.75. The zero-order chi connectivity index (χ0) is 14.9. The number of rotatable bonds is 4. The fraction of sp³-hybridized carbons (Fsp3) is 0.938. The smallest absolute Gasteiger partial charge is 0.307 e. The van der Waals surface area contributed by atoms with Crippen LogP contribution in [0.3, 0.4) is 0 Å². The third-order valence-corrected chi connectivity index (χ3v) is 5.89. The quantitative estimate of drug-likeness (QED) is 0.832. The molecule has 2 fully saturated rings. The molecule has 2 aliphatic rings. The molecule has 116 valence electrons. The lowest BCUT2D eigenvalue weighted by Crippen LogP contribution is -2.54. The second-order valence-corrected chi connectivity index (χ2v) is 7.26. The highest BCUT2D eigenvalue weighted by atomic mass is 16.5. The van der Waals surface area contributed by atoms with Crippen molar-refractivity contribution < 1.29 is 14.6 Å². The molecule has 0 aromatic heterocycles. The Morgan fingerprint density at radius 3 is 2.60 bits per heavy atom. The van der Waals surface area contributed by atoms with E-state index in [1.165, 1.54) is 0 Å². The van der Waals surface area contributed by atoms with Crippen LogP contribution in [0.5, 0.6) is 0 Å². The fourth-order valence-electron chi connectivity index (χ4n) is 3.89. The van der Waals surface area contributed by atoms with E-state index >= 15 is 0 Å². The van der Waals surface area contributed by atoms with Gasteiger partial charge in [-0.3, -0.25) is 4.79 Å². The van der Waals surface area contributed by atoms with E-state index in [1.807, 2.05) is 0 Å². The van der Waals surface area contributed by atoms with Crippen molar-refractivity contribution in [1.82, 2.24) is 5.32 Å². The van der Waals surface area contributed by atoms with Crippen molar-refractivity contribution in [3.63, 3.8) is 0 Å². The maximum atomic E-state index is 11.4. The Hall–Kier alpha value is -0.610. The highest BCUT2D eigenvalue weighted by Gasteiger charge is 2.46. The molecule has 0 spiro atoms. The monoisotopic (exact) mass is 283 g/mol. The first-order valence-electron chi connectivity index (χ1n) is 7.90. The number of nitrogens with one attached hydrogen (secondary N) is 1. The Labute approximate surface area is 122 Å². The Bertz CT molecular complexity index is 350. The van der Waals surface area contributed by atoms with E-state index in [9.17, 15) is 9.90 Å². The summed E-state index contributed by atoms with van der Waals surface area (Å²) in [6.07, 6.45) is 2.87. The van der Waals surface area contributed by atoms with E-state index in [-0.39, 0.29) is 11.3 Å². The molecule has 0 amide bonds. The largest absolute Gasteiger partial charge is 0.481 e. The van der Waals surface area contributed by atoms with Gasteiger partial charge in [-0.1, -0.05) is 20.8 Å². The van der Waals surface area contributed by atoms with E-state index in [0.29, 0.717) is 23.9 Å². The standard InChI is InChI=1S/C16H29NO3/c1-10-14(17-11(2)12-7-8-20-9-12)6-5-13(15(18)19)16(10,3)4/h10-14,17H,5-9H2,1-4H3,(H,18,19). The van der Waals surface area contributed by atoms with Gasteiger partial charge in [-0.15, -0.1) is 0 Å². The van der Waals surface area contributed by atoms with Gasteiger partial charge < -0.3 is 15.2 Å². The molecule has 0 aromatic carbocycles. The van der Waals surface area contributed by atoms with Crippen LogP contribution in [0.2, 0.25) is 0 Å². The maximum Gasteiger partial charge on any atom is 0.307 e. The molecule has 4 heteroatoms. The predicted octanol–water partition coefficient (Wildman–Crippen LogP) is 2.53. The van der Waals surface area contributed by atoms with Crippen LogP contribution in [0, 0.1) is 23.2 Å². The van der Waals surface area contributed by atoms with Crippen molar-refractivity contribution in [1.29, 1.82) is 0 Å². The molecule has 5 atom stereocenters. The van der Waals surface area contributed by atoms with Crippen LogP contribution < -0.4 is 5.32 Å². The summed E-state index contributed by atoms with van der Waals surface area (Å²) in [7, 11) is 0. The van der Waals surface area contributed by atoms with E-state index in [2.05, 4.69) is 33.0 Å². The average molecular weight is 283 g/mol. The van der Waals surface area contributed by atoms with Crippen LogP contribution in [0.25, 0.3) is 0 Å². The second-order valence-electron chi connectivity index (χ2n) is 7.26. The van der Waals surface area contributed by atoms with Crippen LogP contribution in [0.1, 0.15) is 47.0 Å². The molecule has 1 saturated heterocycles. The molecule has 0 aromatic rings. The molecule has 1 saturated carbocycles. The molecule has 2 N–H and O–H groups in total. The number of aliphatic carboxylic acids is 1. The molecule has 0 radical (unpaired) electrons. The summed E-state index contributed by atoms with van der Waals surface area (Å²) in [6, 6.07) is 0.860. The number of carbonyl (C=O) groups is 1. The third-order valence-electron chi connectivity index (χ3n) is 5.89. The van der Waals surface area contributed by atoms with Crippen LogP contribution in [-0.4, -0.2) is 36.4 Å². The molecule has 1 aliphatic carbocycles. The minimum atomic E-state index is -0.641. The van der Waals surface area contributed by atoms with Crippen LogP contribution in [-0.2, 0) is 9.53 Å². The third kappa shape index (κ3) is 3.01. The zero-order valence-electron chi connectivity index (χ0n) is 13.2. The second kappa shape index (κ2) is 6.02. The van der Waals surface area contributed by atoms with Crippen molar-refractivity contribution in [3.8, 4) is 0 Å². The summed E-state index contributed by atoms with van der Waals surface area (Å²) in [5.41, 5.74) is -0.159. The van der Waals surface area contributed by atoms with Gasteiger partial charge >= 0.3 is 5.97 Å². The van der Waals surface area contributed by atoms with E-state index in [4.69, 9.17) is 4.74 Å². The summed E-state index contributed by atoms with van der Waals surface area (Å²) in [5.74, 6) is 0.0999. The minimum Gasteiger partial charge on any atom is -0.481 e. The van der Waals surface area contributed by atoms with Gasteiger partial charge in [0, 0.05) is 18.7 Å². The normalized spacial score (nSPS) is 38.6. The van der Waals surface area contributed by atoms with Gasteiger partial charge in [0.15, 0.2) is 0 Å². The highest BCUT2D eigenvalue weighted by Crippen LogP contribution is 2.45. The van der Waals surface area contributed by atoms with Crippen molar-refractivity contribution in [2.24, 2.45) is 23.2 Å². The van der Waals surface area contributed by atoms with Crippen molar-refractivity contribution >= 4 is 5.97 Å². The molecule has 5 unspecified atom stereocenters. The molecule has 4 nitrogen and oxygen atoms in total. The predicted molar refractivity (Wildman–Crippen MR) is 78.6 cm³/mol. The molecular weight excluding hydrogens is 254 g/mol. The first-order valence-corrected chi connectivity index (χ1v) is 7.90. The van der Waals surface area contributed by atoms with Gasteiger partial charge in [0.25, 0.3) is 0 Å². The molecule has 1 heterocycles. The number of ether oxygens (including phenoxy) is 1. The van der Waals surface area contributed by atoms with E-state index < -0.39 is 5.97 Å². The first-order chi connectivity index (χ1) is 9.34. The van der Waals surface area contributed by atoms with Crippen molar-refractivity contribution in [2.45, 2.75) is 59.0 Å². The van der Waals surface area contributed by atoms with Crippen LogP contribution in [0.4, 0.5) is 0 Å². The fourth-order valence-corrected chi connectivity index (χ4v) is 3.89. The summed E-state index contributed by atoms with van der Waals surface area (Å²) >= 11 is 0. The van der Waals surface area contributed by atoms with E-state index in [0.717, 1.165) is 32.5 Å². The van der Waals surface area contributed by atoms with Gasteiger partial charge in [0.1, 0.15) is 0 Å². The number of carboxylic acids is 1. The molecule has 0 bridgehead atoms. The van der Waals surface area contributed by atoms with Crippen LogP contribution in [0.15, 0.2) is 0 Å². The topological polar surface area (TPSA) is 58.6 Å². The number of carboxylic acid groups (broad SMARTS) is 1. The maximum absolute atomic E-state index is 11.4. The first kappa shape index (κ1) is 15.8. The summed E-state index contributed by atoms with van der Waals surface area (Å²) in [6.45, 7) is 10.4. The SMILES string of the molecule is CC(NC1CCC(C(=O)O)C(C)(C)C1C)C1CCOC1. The lowest BCUT2D eigenvalue weighted by Gasteiger charge is -2.47. The lowest BCUT2D eigenvalue weighted by atomic mass is 9.61. The Balaban J connectivity index is 1.98. The summed E-state index contributed by atoms with van der Waals surface area (Å²) in [4.78, 5) is 11.4. The van der Waals surface area contributed by atoms with Gasteiger partial charge in [0.05, 0.1) is 12.5 Å². The van der Waals surface area contributed by atoms with Gasteiger partial charge in [-0.05, 0) is 43.4 Å².